The number of carbonyl (C=O) groups excluding carboxylic acids is 1. The topological polar surface area (TPSA) is 72.7 Å². The van der Waals surface area contributed by atoms with Gasteiger partial charge in [0, 0.05) is 36.6 Å². The third kappa shape index (κ3) is 4.09. The SMILES string of the molecule is Cc1nc(-c2cccc(C(=O)N[C@@H](C)Cc3cccnc3)c2)nn1C. The molecule has 1 N–H and O–H groups in total. The second-order valence-corrected chi connectivity index (χ2v) is 6.13. The average molecular weight is 335 g/mol. The minimum Gasteiger partial charge on any atom is -0.349 e. The first-order valence-electron chi connectivity index (χ1n) is 8.21. The summed E-state index contributed by atoms with van der Waals surface area (Å²) in [5, 5.41) is 7.39. The lowest BCUT2D eigenvalue weighted by Gasteiger charge is -2.14. The smallest absolute Gasteiger partial charge is 0.251 e. The Labute approximate surface area is 146 Å². The Kier molecular flexibility index (Phi) is 4.88. The van der Waals surface area contributed by atoms with Crippen molar-refractivity contribution in [3.05, 3.63) is 65.7 Å². The normalized spacial score (nSPS) is 12.0. The molecule has 0 aliphatic heterocycles. The number of rotatable bonds is 5. The quantitative estimate of drug-likeness (QED) is 0.778. The minimum atomic E-state index is -0.106. The molecule has 0 fully saturated rings. The van der Waals surface area contributed by atoms with Gasteiger partial charge in [0.25, 0.3) is 5.91 Å². The summed E-state index contributed by atoms with van der Waals surface area (Å²) in [7, 11) is 1.85. The number of hydrogen-bond donors (Lipinski definition) is 1. The molecule has 25 heavy (non-hydrogen) atoms. The third-order valence-electron chi connectivity index (χ3n) is 4.01. The van der Waals surface area contributed by atoms with Crippen LogP contribution in [-0.4, -0.2) is 31.7 Å². The van der Waals surface area contributed by atoms with Gasteiger partial charge in [-0.15, -0.1) is 0 Å². The van der Waals surface area contributed by atoms with Gasteiger partial charge in [-0.3, -0.25) is 14.5 Å². The summed E-state index contributed by atoms with van der Waals surface area (Å²) in [6.45, 7) is 3.88. The molecule has 0 unspecified atom stereocenters. The van der Waals surface area contributed by atoms with Crippen LogP contribution in [-0.2, 0) is 13.5 Å². The molecule has 0 aliphatic rings. The van der Waals surface area contributed by atoms with E-state index in [-0.39, 0.29) is 11.9 Å². The van der Waals surface area contributed by atoms with Crippen LogP contribution in [0.3, 0.4) is 0 Å². The largest absolute Gasteiger partial charge is 0.349 e. The standard InChI is InChI=1S/C19H21N5O/c1-13(10-15-6-5-9-20-12-15)21-19(25)17-8-4-7-16(11-17)18-22-14(2)24(3)23-18/h4-9,11-13H,10H2,1-3H3,(H,21,25)/t13-/m0/s1. The molecule has 3 rings (SSSR count). The van der Waals surface area contributed by atoms with Crippen LogP contribution in [0.4, 0.5) is 0 Å². The monoisotopic (exact) mass is 335 g/mol. The molecule has 0 spiro atoms. The predicted octanol–water partition coefficient (Wildman–Crippen LogP) is 2.55. The Morgan fingerprint density at radius 2 is 2.12 bits per heavy atom. The van der Waals surface area contributed by atoms with E-state index in [1.165, 1.54) is 0 Å². The van der Waals surface area contributed by atoms with Gasteiger partial charge < -0.3 is 5.32 Å². The first-order valence-corrected chi connectivity index (χ1v) is 8.21. The van der Waals surface area contributed by atoms with Gasteiger partial charge in [0.2, 0.25) is 0 Å². The Morgan fingerprint density at radius 3 is 2.80 bits per heavy atom. The number of hydrogen-bond acceptors (Lipinski definition) is 4. The Balaban J connectivity index is 1.71. The first-order chi connectivity index (χ1) is 12.0. The lowest BCUT2D eigenvalue weighted by Crippen LogP contribution is -2.34. The summed E-state index contributed by atoms with van der Waals surface area (Å²) in [6.07, 6.45) is 4.30. The summed E-state index contributed by atoms with van der Waals surface area (Å²) < 4.78 is 1.72. The van der Waals surface area contributed by atoms with E-state index < -0.39 is 0 Å². The highest BCUT2D eigenvalue weighted by molar-refractivity contribution is 5.95. The van der Waals surface area contributed by atoms with Gasteiger partial charge in [-0.1, -0.05) is 18.2 Å². The Hall–Kier alpha value is -3.02. The number of amides is 1. The van der Waals surface area contributed by atoms with E-state index in [9.17, 15) is 4.79 Å². The van der Waals surface area contributed by atoms with Crippen molar-refractivity contribution in [2.45, 2.75) is 26.3 Å². The average Bonchev–Trinajstić information content (AvgIpc) is 2.95. The highest BCUT2D eigenvalue weighted by atomic mass is 16.1. The van der Waals surface area contributed by atoms with Crippen molar-refractivity contribution >= 4 is 5.91 Å². The second kappa shape index (κ2) is 7.25. The number of pyridine rings is 1. The summed E-state index contributed by atoms with van der Waals surface area (Å²) in [5.41, 5.74) is 2.52. The third-order valence-corrected chi connectivity index (χ3v) is 4.01. The maximum atomic E-state index is 12.5. The zero-order valence-electron chi connectivity index (χ0n) is 14.6. The van der Waals surface area contributed by atoms with E-state index in [4.69, 9.17) is 0 Å². The van der Waals surface area contributed by atoms with Crippen molar-refractivity contribution in [1.82, 2.24) is 25.1 Å². The highest BCUT2D eigenvalue weighted by Gasteiger charge is 2.13. The molecule has 0 bridgehead atoms. The van der Waals surface area contributed by atoms with Crippen molar-refractivity contribution in [1.29, 1.82) is 0 Å². The Morgan fingerprint density at radius 1 is 1.28 bits per heavy atom. The van der Waals surface area contributed by atoms with Crippen LogP contribution >= 0.6 is 0 Å². The molecule has 2 aromatic heterocycles. The van der Waals surface area contributed by atoms with Crippen LogP contribution in [0.2, 0.25) is 0 Å². The van der Waals surface area contributed by atoms with E-state index in [1.807, 2.05) is 57.4 Å². The van der Waals surface area contributed by atoms with Crippen LogP contribution in [0.15, 0.2) is 48.8 Å². The van der Waals surface area contributed by atoms with Gasteiger partial charge in [-0.2, -0.15) is 5.10 Å². The summed E-state index contributed by atoms with van der Waals surface area (Å²) in [6, 6.07) is 11.3. The fraction of sp³-hybridized carbons (Fsp3) is 0.263. The van der Waals surface area contributed by atoms with Crippen LogP contribution in [0, 0.1) is 6.92 Å². The second-order valence-electron chi connectivity index (χ2n) is 6.13. The van der Waals surface area contributed by atoms with Crippen molar-refractivity contribution in [2.75, 3.05) is 0 Å². The van der Waals surface area contributed by atoms with Crippen molar-refractivity contribution < 1.29 is 4.79 Å². The van der Waals surface area contributed by atoms with E-state index in [1.54, 1.807) is 16.9 Å². The molecule has 1 atom stereocenters. The molecule has 0 saturated carbocycles. The first kappa shape index (κ1) is 16.8. The minimum absolute atomic E-state index is 0.00979. The lowest BCUT2D eigenvalue weighted by atomic mass is 10.1. The van der Waals surface area contributed by atoms with Gasteiger partial charge >= 0.3 is 0 Å². The van der Waals surface area contributed by atoms with Crippen molar-refractivity contribution in [2.24, 2.45) is 7.05 Å². The molecule has 0 radical (unpaired) electrons. The molecule has 6 nitrogen and oxygen atoms in total. The molecule has 6 heteroatoms. The van der Waals surface area contributed by atoms with Gasteiger partial charge in [0.05, 0.1) is 0 Å². The maximum absolute atomic E-state index is 12.5. The van der Waals surface area contributed by atoms with Gasteiger partial charge in [0.15, 0.2) is 5.82 Å². The number of aryl methyl sites for hydroxylation is 2. The zero-order valence-corrected chi connectivity index (χ0v) is 14.6. The van der Waals surface area contributed by atoms with E-state index in [0.717, 1.165) is 23.4 Å². The molecule has 2 heterocycles. The molecule has 128 valence electrons. The summed E-state index contributed by atoms with van der Waals surface area (Å²) >= 11 is 0. The molecule has 3 aromatic rings. The summed E-state index contributed by atoms with van der Waals surface area (Å²) in [4.78, 5) is 21.0. The van der Waals surface area contributed by atoms with Crippen LogP contribution in [0.1, 0.15) is 28.7 Å². The maximum Gasteiger partial charge on any atom is 0.251 e. The molecular weight excluding hydrogens is 314 g/mol. The van der Waals surface area contributed by atoms with E-state index >= 15 is 0 Å². The number of carbonyl (C=O) groups is 1. The number of benzene rings is 1. The number of nitrogens with zero attached hydrogens (tertiary/aromatic N) is 4. The summed E-state index contributed by atoms with van der Waals surface area (Å²) in [5.74, 6) is 1.35. The van der Waals surface area contributed by atoms with Crippen molar-refractivity contribution in [3.63, 3.8) is 0 Å². The van der Waals surface area contributed by atoms with Gasteiger partial charge in [0.1, 0.15) is 5.82 Å². The van der Waals surface area contributed by atoms with E-state index in [0.29, 0.717) is 11.4 Å². The predicted molar refractivity (Wildman–Crippen MR) is 96.0 cm³/mol. The number of aromatic nitrogens is 4. The molecule has 0 aliphatic carbocycles. The van der Waals surface area contributed by atoms with Crippen LogP contribution in [0.25, 0.3) is 11.4 Å². The van der Waals surface area contributed by atoms with E-state index in [2.05, 4.69) is 20.4 Å². The molecular formula is C19H21N5O. The lowest BCUT2D eigenvalue weighted by molar-refractivity contribution is 0.0940. The van der Waals surface area contributed by atoms with Crippen molar-refractivity contribution in [3.8, 4) is 11.4 Å². The molecule has 1 amide bonds. The van der Waals surface area contributed by atoms with Crippen LogP contribution in [0.5, 0.6) is 0 Å². The number of nitrogens with one attached hydrogen (secondary N) is 1. The fourth-order valence-corrected chi connectivity index (χ4v) is 2.61. The Bertz CT molecular complexity index is 853. The fourth-order valence-electron chi connectivity index (χ4n) is 2.61. The zero-order chi connectivity index (χ0) is 17.8. The highest BCUT2D eigenvalue weighted by Crippen LogP contribution is 2.17. The van der Waals surface area contributed by atoms with Gasteiger partial charge in [-0.25, -0.2) is 4.98 Å². The van der Waals surface area contributed by atoms with Crippen LogP contribution < -0.4 is 5.32 Å². The molecule has 1 aromatic carbocycles. The van der Waals surface area contributed by atoms with Gasteiger partial charge in [-0.05, 0) is 44.0 Å². The molecule has 0 saturated heterocycles.